The minimum atomic E-state index is -0.0711. The first-order valence-electron chi connectivity index (χ1n) is 9.11. The first-order valence-corrected chi connectivity index (χ1v) is 9.49. The van der Waals surface area contributed by atoms with Crippen molar-refractivity contribution in [2.45, 2.75) is 38.6 Å². The van der Waals surface area contributed by atoms with Crippen molar-refractivity contribution < 1.29 is 4.79 Å². The maximum Gasteiger partial charge on any atom is 0.252 e. The number of carbonyl (C=O) groups excluding carboxylic acids is 1. The summed E-state index contributed by atoms with van der Waals surface area (Å²) < 4.78 is 0. The molecular weight excluding hydrogens is 346 g/mol. The zero-order valence-electron chi connectivity index (χ0n) is 14.8. The number of hydrogen-bond donors (Lipinski definition) is 2. The van der Waals surface area contributed by atoms with E-state index >= 15 is 0 Å². The van der Waals surface area contributed by atoms with Crippen LogP contribution in [0.4, 0.5) is 5.82 Å². The van der Waals surface area contributed by atoms with Gasteiger partial charge in [-0.15, -0.1) is 0 Å². The van der Waals surface area contributed by atoms with Crippen LogP contribution in [0, 0.1) is 0 Å². The third-order valence-corrected chi connectivity index (χ3v) is 4.78. The molecule has 0 bridgehead atoms. The molecule has 4 nitrogen and oxygen atoms in total. The lowest BCUT2D eigenvalue weighted by Crippen LogP contribution is -2.25. The van der Waals surface area contributed by atoms with Gasteiger partial charge < -0.3 is 10.6 Å². The van der Waals surface area contributed by atoms with Crippen LogP contribution in [-0.2, 0) is 6.54 Å². The number of hydrogen-bond acceptors (Lipinski definition) is 3. The summed E-state index contributed by atoms with van der Waals surface area (Å²) >= 11 is 5.88. The molecule has 2 aromatic rings. The van der Waals surface area contributed by atoms with Crippen LogP contribution < -0.4 is 10.6 Å². The number of aromatic nitrogens is 1. The highest BCUT2D eigenvalue weighted by atomic mass is 35.5. The number of rotatable bonds is 7. The molecule has 0 saturated carbocycles. The van der Waals surface area contributed by atoms with Gasteiger partial charge in [-0.1, -0.05) is 35.4 Å². The predicted octanol–water partition coefficient (Wildman–Crippen LogP) is 4.97. The second-order valence-electron chi connectivity index (χ2n) is 6.53. The van der Waals surface area contributed by atoms with Crippen molar-refractivity contribution in [3.63, 3.8) is 0 Å². The van der Waals surface area contributed by atoms with Crippen molar-refractivity contribution in [2.24, 2.45) is 0 Å². The number of nitrogens with zero attached hydrogens (tertiary/aromatic N) is 1. The highest BCUT2D eigenvalue weighted by Crippen LogP contribution is 2.19. The maximum atomic E-state index is 12.2. The minimum absolute atomic E-state index is 0.0711. The number of halogens is 1. The second-order valence-corrected chi connectivity index (χ2v) is 6.96. The van der Waals surface area contributed by atoms with Crippen molar-refractivity contribution in [1.29, 1.82) is 0 Å². The molecule has 0 fully saturated rings. The summed E-state index contributed by atoms with van der Waals surface area (Å²) in [6.45, 7) is 1.34. The molecule has 2 N–H and O–H groups in total. The molecule has 0 spiro atoms. The molecule has 1 amide bonds. The van der Waals surface area contributed by atoms with E-state index in [9.17, 15) is 4.79 Å². The monoisotopic (exact) mass is 369 g/mol. The predicted molar refractivity (Wildman–Crippen MR) is 107 cm³/mol. The topological polar surface area (TPSA) is 54.0 Å². The standard InChI is InChI=1S/C21H24ClN3O/c22-19-9-6-17(7-10-19)14-24-20-11-8-18(15-25-20)21(26)23-13-12-16-4-2-1-3-5-16/h4,6-11,15H,1-3,5,12-14H2,(H,23,26)(H,24,25). The van der Waals surface area contributed by atoms with Crippen LogP contribution in [-0.4, -0.2) is 17.4 Å². The molecule has 0 atom stereocenters. The summed E-state index contributed by atoms with van der Waals surface area (Å²) in [6.07, 6.45) is 9.79. The zero-order chi connectivity index (χ0) is 18.2. The van der Waals surface area contributed by atoms with E-state index in [4.69, 9.17) is 11.6 Å². The fourth-order valence-corrected chi connectivity index (χ4v) is 3.12. The molecule has 0 saturated heterocycles. The second kappa shape index (κ2) is 9.39. The number of nitrogens with one attached hydrogen (secondary N) is 2. The Morgan fingerprint density at radius 3 is 2.65 bits per heavy atom. The largest absolute Gasteiger partial charge is 0.366 e. The molecule has 1 heterocycles. The zero-order valence-corrected chi connectivity index (χ0v) is 15.6. The molecule has 1 aromatic heterocycles. The van der Waals surface area contributed by atoms with Gasteiger partial charge in [0.15, 0.2) is 0 Å². The van der Waals surface area contributed by atoms with E-state index in [-0.39, 0.29) is 5.91 Å². The van der Waals surface area contributed by atoms with Crippen molar-refractivity contribution in [3.05, 3.63) is 70.4 Å². The van der Waals surface area contributed by atoms with Gasteiger partial charge >= 0.3 is 0 Å². The van der Waals surface area contributed by atoms with E-state index in [1.807, 2.05) is 30.3 Å². The number of allylic oxidation sites excluding steroid dienone is 1. The van der Waals surface area contributed by atoms with Gasteiger partial charge in [0.2, 0.25) is 0 Å². The number of benzene rings is 1. The minimum Gasteiger partial charge on any atom is -0.366 e. The molecule has 1 aliphatic carbocycles. The third-order valence-electron chi connectivity index (χ3n) is 4.53. The summed E-state index contributed by atoms with van der Waals surface area (Å²) in [5.74, 6) is 0.669. The SMILES string of the molecule is O=C(NCCC1=CCCCC1)c1ccc(NCc2ccc(Cl)cc2)nc1. The van der Waals surface area contributed by atoms with Crippen LogP contribution in [0.25, 0.3) is 0 Å². The van der Waals surface area contributed by atoms with Gasteiger partial charge in [0.25, 0.3) is 5.91 Å². The Kier molecular flexibility index (Phi) is 6.67. The summed E-state index contributed by atoms with van der Waals surface area (Å²) in [6, 6.07) is 11.3. The maximum absolute atomic E-state index is 12.2. The molecular formula is C21H24ClN3O. The van der Waals surface area contributed by atoms with Crippen molar-refractivity contribution in [1.82, 2.24) is 10.3 Å². The van der Waals surface area contributed by atoms with Crippen LogP contribution in [0.5, 0.6) is 0 Å². The Labute approximate surface area is 159 Å². The van der Waals surface area contributed by atoms with E-state index in [0.29, 0.717) is 18.7 Å². The highest BCUT2D eigenvalue weighted by molar-refractivity contribution is 6.30. The Morgan fingerprint density at radius 1 is 1.12 bits per heavy atom. The summed E-state index contributed by atoms with van der Waals surface area (Å²) in [7, 11) is 0. The van der Waals surface area contributed by atoms with E-state index in [1.165, 1.54) is 31.3 Å². The molecule has 1 aromatic carbocycles. The van der Waals surface area contributed by atoms with Crippen molar-refractivity contribution in [2.75, 3.05) is 11.9 Å². The van der Waals surface area contributed by atoms with Crippen LogP contribution in [0.1, 0.15) is 48.0 Å². The van der Waals surface area contributed by atoms with Gasteiger partial charge in [-0.3, -0.25) is 4.79 Å². The molecule has 136 valence electrons. The first kappa shape index (κ1) is 18.5. The lowest BCUT2D eigenvalue weighted by molar-refractivity contribution is 0.0953. The third kappa shape index (κ3) is 5.60. The van der Waals surface area contributed by atoms with Gasteiger partial charge in [0.05, 0.1) is 5.56 Å². The number of carbonyl (C=O) groups is 1. The lowest BCUT2D eigenvalue weighted by Gasteiger charge is -2.13. The lowest BCUT2D eigenvalue weighted by atomic mass is 9.97. The number of pyridine rings is 1. The fraction of sp³-hybridized carbons (Fsp3) is 0.333. The van der Waals surface area contributed by atoms with E-state index < -0.39 is 0 Å². The van der Waals surface area contributed by atoms with E-state index in [2.05, 4.69) is 21.7 Å². The van der Waals surface area contributed by atoms with E-state index in [0.717, 1.165) is 22.8 Å². The van der Waals surface area contributed by atoms with Gasteiger partial charge in [-0.2, -0.15) is 0 Å². The molecule has 0 aliphatic heterocycles. The number of amides is 1. The summed E-state index contributed by atoms with van der Waals surface area (Å²) in [5, 5.41) is 6.94. The average molecular weight is 370 g/mol. The highest BCUT2D eigenvalue weighted by Gasteiger charge is 2.08. The summed E-state index contributed by atoms with van der Waals surface area (Å²) in [5.41, 5.74) is 3.17. The van der Waals surface area contributed by atoms with Crippen LogP contribution in [0.3, 0.4) is 0 Å². The Morgan fingerprint density at radius 2 is 1.96 bits per heavy atom. The van der Waals surface area contributed by atoms with Crippen molar-refractivity contribution >= 4 is 23.3 Å². The van der Waals surface area contributed by atoms with Gasteiger partial charge in [0, 0.05) is 24.3 Å². The molecule has 3 rings (SSSR count). The van der Waals surface area contributed by atoms with Crippen LogP contribution in [0.15, 0.2) is 54.2 Å². The number of anilines is 1. The first-order chi connectivity index (χ1) is 12.7. The molecule has 0 radical (unpaired) electrons. The normalized spacial score (nSPS) is 13.8. The Hall–Kier alpha value is -2.33. The molecule has 5 heteroatoms. The Balaban J connectivity index is 1.44. The molecule has 1 aliphatic rings. The Bertz CT molecular complexity index is 754. The average Bonchev–Trinajstić information content (AvgIpc) is 2.69. The summed E-state index contributed by atoms with van der Waals surface area (Å²) in [4.78, 5) is 16.5. The van der Waals surface area contributed by atoms with Gasteiger partial charge in [0.1, 0.15) is 5.82 Å². The van der Waals surface area contributed by atoms with E-state index in [1.54, 1.807) is 12.3 Å². The van der Waals surface area contributed by atoms with Crippen LogP contribution in [0.2, 0.25) is 5.02 Å². The van der Waals surface area contributed by atoms with Gasteiger partial charge in [-0.25, -0.2) is 4.98 Å². The van der Waals surface area contributed by atoms with Crippen LogP contribution >= 0.6 is 11.6 Å². The molecule has 0 unspecified atom stereocenters. The fourth-order valence-electron chi connectivity index (χ4n) is 3.00. The smallest absolute Gasteiger partial charge is 0.252 e. The van der Waals surface area contributed by atoms with Crippen molar-refractivity contribution in [3.8, 4) is 0 Å². The molecule has 26 heavy (non-hydrogen) atoms. The quantitative estimate of drug-likeness (QED) is 0.677. The van der Waals surface area contributed by atoms with Gasteiger partial charge in [-0.05, 0) is 61.9 Å².